The van der Waals surface area contributed by atoms with Gasteiger partial charge in [0.25, 0.3) is 0 Å². The van der Waals surface area contributed by atoms with Crippen LogP contribution >= 0.6 is 0 Å². The van der Waals surface area contributed by atoms with E-state index in [1.54, 1.807) is 12.1 Å². The molecule has 0 atom stereocenters. The third-order valence-electron chi connectivity index (χ3n) is 0.882. The van der Waals surface area contributed by atoms with Gasteiger partial charge in [-0.15, -0.1) is 0 Å². The van der Waals surface area contributed by atoms with E-state index in [-0.39, 0.29) is 32.6 Å². The first kappa shape index (κ1) is 8.51. The van der Waals surface area contributed by atoms with Crippen molar-refractivity contribution in [2.45, 2.75) is 0 Å². The second-order valence-electron chi connectivity index (χ2n) is 1.49. The van der Waals surface area contributed by atoms with Gasteiger partial charge in [0.15, 0.2) is 11.5 Å². The Labute approximate surface area is 67.4 Å². The number of para-hydroxylation sites is 2. The fourth-order valence-electron chi connectivity index (χ4n) is 0.464. The van der Waals surface area contributed by atoms with E-state index in [1.165, 1.54) is 12.1 Å². The van der Waals surface area contributed by atoms with Crippen molar-refractivity contribution in [1.29, 1.82) is 0 Å². The average molecular weight is 206 g/mol. The van der Waals surface area contributed by atoms with Crippen molar-refractivity contribution in [2.24, 2.45) is 0 Å². The van der Waals surface area contributed by atoms with Gasteiger partial charge in [-0.2, -0.15) is 0 Å². The third-order valence-corrected chi connectivity index (χ3v) is 0.882. The Morgan fingerprint density at radius 1 is 0.889 bits per heavy atom. The van der Waals surface area contributed by atoms with E-state index in [2.05, 4.69) is 0 Å². The molecule has 0 spiro atoms. The summed E-state index contributed by atoms with van der Waals surface area (Å²) in [6.45, 7) is 0. The smallest absolute Gasteiger partial charge is 0.157 e. The molecule has 0 saturated carbocycles. The third kappa shape index (κ3) is 2.06. The summed E-state index contributed by atoms with van der Waals surface area (Å²) in [6.07, 6.45) is 0. The van der Waals surface area contributed by atoms with E-state index in [4.69, 9.17) is 10.2 Å². The minimum absolute atomic E-state index is 0. The molecule has 0 amide bonds. The Kier molecular flexibility index (Phi) is 3.33. The van der Waals surface area contributed by atoms with Crippen molar-refractivity contribution in [3.05, 3.63) is 24.3 Å². The molecule has 2 N–H and O–H groups in total. The maximum atomic E-state index is 8.67. The molecule has 0 bridgehead atoms. The Morgan fingerprint density at radius 2 is 1.22 bits per heavy atom. The van der Waals surface area contributed by atoms with Gasteiger partial charge in [0.2, 0.25) is 0 Å². The van der Waals surface area contributed by atoms with Gasteiger partial charge in [-0.3, -0.25) is 0 Å². The van der Waals surface area contributed by atoms with Crippen LogP contribution in [-0.4, -0.2) is 10.2 Å². The van der Waals surface area contributed by atoms with Crippen molar-refractivity contribution < 1.29 is 31.3 Å². The normalized spacial score (nSPS) is 8.00. The van der Waals surface area contributed by atoms with Crippen molar-refractivity contribution in [3.63, 3.8) is 0 Å². The summed E-state index contributed by atoms with van der Waals surface area (Å²) in [5, 5.41) is 17.3. The molecule has 48 valence electrons. The molecular weight excluding hydrogens is 200 g/mol. The average Bonchev–Trinajstić information content (AvgIpc) is 1.77. The van der Waals surface area contributed by atoms with Gasteiger partial charge in [-0.1, -0.05) is 12.1 Å². The largest absolute Gasteiger partial charge is 0.504 e. The molecule has 9 heavy (non-hydrogen) atoms. The summed E-state index contributed by atoms with van der Waals surface area (Å²) in [5.41, 5.74) is 0. The molecule has 1 aromatic rings. The van der Waals surface area contributed by atoms with Crippen LogP contribution in [0.4, 0.5) is 0 Å². The zero-order valence-corrected chi connectivity index (χ0v) is 6.62. The van der Waals surface area contributed by atoms with Crippen molar-refractivity contribution in [3.8, 4) is 11.5 Å². The first-order valence-corrected chi connectivity index (χ1v) is 2.27. The van der Waals surface area contributed by atoms with Crippen LogP contribution in [-0.2, 0) is 21.1 Å². The fraction of sp³-hybridized carbons (Fsp3) is 0. The number of aromatic hydroxyl groups is 2. The van der Waals surface area contributed by atoms with Crippen LogP contribution in [0, 0.1) is 0 Å². The Morgan fingerprint density at radius 3 is 1.44 bits per heavy atom. The molecule has 1 rings (SSSR count). The summed E-state index contributed by atoms with van der Waals surface area (Å²) in [7, 11) is 0. The summed E-state index contributed by atoms with van der Waals surface area (Å²) >= 11 is 0. The van der Waals surface area contributed by atoms with Crippen LogP contribution in [0.25, 0.3) is 0 Å². The molecule has 0 radical (unpaired) electrons. The summed E-state index contributed by atoms with van der Waals surface area (Å²) in [4.78, 5) is 0. The van der Waals surface area contributed by atoms with E-state index in [0.29, 0.717) is 0 Å². The molecule has 0 fully saturated rings. The number of benzene rings is 1. The molecular formula is C6H6MoO2. The van der Waals surface area contributed by atoms with E-state index in [0.717, 1.165) is 0 Å². The Balaban J connectivity index is 0.000000640. The predicted octanol–water partition coefficient (Wildman–Crippen LogP) is 1.10. The SMILES string of the molecule is Oc1ccccc1O.[Mo]. The second-order valence-corrected chi connectivity index (χ2v) is 1.49. The van der Waals surface area contributed by atoms with Crippen molar-refractivity contribution in [2.75, 3.05) is 0 Å². The van der Waals surface area contributed by atoms with E-state index < -0.39 is 0 Å². The topological polar surface area (TPSA) is 40.5 Å². The molecule has 3 heteroatoms. The quantitative estimate of drug-likeness (QED) is 0.492. The second kappa shape index (κ2) is 3.52. The number of hydrogen-bond acceptors (Lipinski definition) is 2. The van der Waals surface area contributed by atoms with Crippen LogP contribution in [0.2, 0.25) is 0 Å². The first-order valence-electron chi connectivity index (χ1n) is 2.27. The molecule has 0 saturated heterocycles. The van der Waals surface area contributed by atoms with Crippen LogP contribution in [0.15, 0.2) is 24.3 Å². The van der Waals surface area contributed by atoms with Crippen LogP contribution in [0.1, 0.15) is 0 Å². The maximum absolute atomic E-state index is 8.67. The Bertz CT molecular complexity index is 167. The van der Waals surface area contributed by atoms with Gasteiger partial charge in [0.1, 0.15) is 0 Å². The molecule has 2 nitrogen and oxygen atoms in total. The van der Waals surface area contributed by atoms with Gasteiger partial charge in [-0.05, 0) is 12.1 Å². The molecule has 1 aromatic carbocycles. The molecule has 0 aliphatic carbocycles. The zero-order valence-electron chi connectivity index (χ0n) is 4.61. The van der Waals surface area contributed by atoms with E-state index in [1.807, 2.05) is 0 Å². The monoisotopic (exact) mass is 208 g/mol. The predicted molar refractivity (Wildman–Crippen MR) is 29.8 cm³/mol. The van der Waals surface area contributed by atoms with Crippen LogP contribution in [0.5, 0.6) is 11.5 Å². The molecule has 0 aromatic heterocycles. The van der Waals surface area contributed by atoms with Crippen molar-refractivity contribution >= 4 is 0 Å². The van der Waals surface area contributed by atoms with Gasteiger partial charge in [0.05, 0.1) is 0 Å². The number of phenolic OH excluding ortho intramolecular Hbond substituents is 2. The van der Waals surface area contributed by atoms with Crippen molar-refractivity contribution in [1.82, 2.24) is 0 Å². The molecule has 0 aliphatic rings. The minimum Gasteiger partial charge on any atom is -0.504 e. The van der Waals surface area contributed by atoms with Gasteiger partial charge >= 0.3 is 0 Å². The van der Waals surface area contributed by atoms with E-state index in [9.17, 15) is 0 Å². The Hall–Kier alpha value is -0.492. The molecule has 0 aliphatic heterocycles. The van der Waals surface area contributed by atoms with Gasteiger partial charge in [0, 0.05) is 21.1 Å². The number of hydrogen-bond donors (Lipinski definition) is 2. The fourth-order valence-corrected chi connectivity index (χ4v) is 0.464. The van der Waals surface area contributed by atoms with Gasteiger partial charge in [-0.25, -0.2) is 0 Å². The van der Waals surface area contributed by atoms with Gasteiger partial charge < -0.3 is 10.2 Å². The summed E-state index contributed by atoms with van der Waals surface area (Å²) in [6, 6.07) is 6.15. The molecule has 0 heterocycles. The number of rotatable bonds is 0. The minimum atomic E-state index is -0.0764. The van der Waals surface area contributed by atoms with E-state index >= 15 is 0 Å². The summed E-state index contributed by atoms with van der Waals surface area (Å²) < 4.78 is 0. The standard InChI is InChI=1S/C6H6O2.Mo/c7-5-3-1-2-4-6(5)8;/h1-4,7-8H;. The molecule has 0 unspecified atom stereocenters. The van der Waals surface area contributed by atoms with Crippen LogP contribution in [0.3, 0.4) is 0 Å². The number of phenols is 2. The van der Waals surface area contributed by atoms with Crippen LogP contribution < -0.4 is 0 Å². The maximum Gasteiger partial charge on any atom is 0.157 e. The first-order chi connectivity index (χ1) is 3.80. The summed E-state index contributed by atoms with van der Waals surface area (Å²) in [5.74, 6) is -0.153. The zero-order chi connectivity index (χ0) is 5.98.